The molecular formula is C38H37N3O2. The van der Waals surface area contributed by atoms with E-state index in [0.29, 0.717) is 23.1 Å². The Bertz CT molecular complexity index is 2000. The monoisotopic (exact) mass is 567 g/mol. The Labute approximate surface area is 253 Å². The fraction of sp³-hybridized carbons (Fsp3) is 0.263. The fourth-order valence-corrected chi connectivity index (χ4v) is 5.05. The normalized spacial score (nSPS) is 12.0. The molecular weight excluding hydrogens is 530 g/mol. The van der Waals surface area contributed by atoms with Gasteiger partial charge in [-0.25, -0.2) is 9.97 Å². The van der Waals surface area contributed by atoms with Crippen molar-refractivity contribution in [1.29, 1.82) is 0 Å². The molecule has 0 bridgehead atoms. The molecule has 2 aromatic heterocycles. The lowest BCUT2D eigenvalue weighted by atomic mass is 9.76. The van der Waals surface area contributed by atoms with Gasteiger partial charge in [0, 0.05) is 33.5 Å². The van der Waals surface area contributed by atoms with Crippen molar-refractivity contribution in [3.05, 3.63) is 101 Å². The van der Waals surface area contributed by atoms with Crippen LogP contribution in [0.4, 0.5) is 5.69 Å². The molecule has 43 heavy (non-hydrogen) atoms. The molecule has 0 saturated heterocycles. The number of nitrogens with zero attached hydrogens (tertiary/aromatic N) is 2. The van der Waals surface area contributed by atoms with Gasteiger partial charge in [-0.1, -0.05) is 59.4 Å². The molecule has 0 atom stereocenters. The zero-order valence-corrected chi connectivity index (χ0v) is 25.7. The molecule has 4 aromatic carbocycles. The average molecular weight is 568 g/mol. The van der Waals surface area contributed by atoms with Gasteiger partial charge in [0.25, 0.3) is 0 Å². The van der Waals surface area contributed by atoms with Gasteiger partial charge in [-0.3, -0.25) is 0 Å². The van der Waals surface area contributed by atoms with Gasteiger partial charge in [0.2, 0.25) is 11.8 Å². The molecule has 0 aliphatic heterocycles. The zero-order chi connectivity index (χ0) is 30.4. The van der Waals surface area contributed by atoms with E-state index in [1.807, 2.05) is 66.7 Å². The molecule has 0 saturated carbocycles. The summed E-state index contributed by atoms with van der Waals surface area (Å²) in [7, 11) is 0. The molecule has 6 rings (SSSR count). The first-order valence-electron chi connectivity index (χ1n) is 14.9. The number of nitrogens with two attached hydrogens (primary N) is 1. The molecule has 6 aromatic rings. The fourth-order valence-electron chi connectivity index (χ4n) is 5.05. The Morgan fingerprint density at radius 1 is 0.651 bits per heavy atom. The van der Waals surface area contributed by atoms with Crippen LogP contribution in [0.1, 0.15) is 76.6 Å². The van der Waals surface area contributed by atoms with Gasteiger partial charge < -0.3 is 14.6 Å². The lowest BCUT2D eigenvalue weighted by molar-refractivity contribution is 0.484. The van der Waals surface area contributed by atoms with Gasteiger partial charge in [0.05, 0.1) is 0 Å². The summed E-state index contributed by atoms with van der Waals surface area (Å²) in [4.78, 5) is 9.51. The Kier molecular flexibility index (Phi) is 7.10. The second kappa shape index (κ2) is 10.8. The van der Waals surface area contributed by atoms with E-state index in [0.717, 1.165) is 51.7 Å². The second-order valence-corrected chi connectivity index (χ2v) is 12.5. The number of fused-ring (bicyclic) bond motifs is 2. The van der Waals surface area contributed by atoms with Crippen molar-refractivity contribution < 1.29 is 8.83 Å². The van der Waals surface area contributed by atoms with Crippen molar-refractivity contribution in [1.82, 2.24) is 9.97 Å². The summed E-state index contributed by atoms with van der Waals surface area (Å²) in [6, 6.07) is 26.0. The van der Waals surface area contributed by atoms with Crippen LogP contribution >= 0.6 is 0 Å². The Morgan fingerprint density at radius 2 is 1.21 bits per heavy atom. The molecule has 2 heterocycles. The third-order valence-corrected chi connectivity index (χ3v) is 8.79. The zero-order valence-electron chi connectivity index (χ0n) is 25.7. The Balaban J connectivity index is 1.24. The molecule has 5 heteroatoms. The van der Waals surface area contributed by atoms with Gasteiger partial charge in [0.15, 0.2) is 11.2 Å². The summed E-state index contributed by atoms with van der Waals surface area (Å²) in [6.45, 7) is 13.6. The highest BCUT2D eigenvalue weighted by Crippen LogP contribution is 2.39. The number of anilines is 1. The quantitative estimate of drug-likeness (QED) is 0.160. The predicted molar refractivity (Wildman–Crippen MR) is 176 cm³/mol. The highest BCUT2D eigenvalue weighted by atomic mass is 16.4. The molecule has 0 unspecified atom stereocenters. The Morgan fingerprint density at radius 3 is 1.79 bits per heavy atom. The predicted octanol–water partition coefficient (Wildman–Crippen LogP) is 9.66. The molecule has 0 aliphatic carbocycles. The molecule has 0 fully saturated rings. The van der Waals surface area contributed by atoms with Gasteiger partial charge in [-0.05, 0) is 102 Å². The molecule has 0 aliphatic rings. The van der Waals surface area contributed by atoms with Gasteiger partial charge in [0.1, 0.15) is 11.0 Å². The van der Waals surface area contributed by atoms with Crippen LogP contribution in [0.3, 0.4) is 0 Å². The van der Waals surface area contributed by atoms with Gasteiger partial charge >= 0.3 is 0 Å². The van der Waals surface area contributed by atoms with Crippen LogP contribution in [0.5, 0.6) is 0 Å². The highest BCUT2D eigenvalue weighted by Gasteiger charge is 2.28. The summed E-state index contributed by atoms with van der Waals surface area (Å²) in [5.41, 5.74) is 16.0. The van der Waals surface area contributed by atoms with Crippen molar-refractivity contribution in [2.24, 2.45) is 0 Å². The number of oxazole rings is 2. The Hall–Kier alpha value is -4.82. The summed E-state index contributed by atoms with van der Waals surface area (Å²) in [5, 5.41) is 0. The molecule has 0 amide bonds. The van der Waals surface area contributed by atoms with Crippen LogP contribution in [0.2, 0.25) is 0 Å². The van der Waals surface area contributed by atoms with Crippen molar-refractivity contribution in [2.45, 2.75) is 65.2 Å². The smallest absolute Gasteiger partial charge is 0.227 e. The van der Waals surface area contributed by atoms with E-state index in [-0.39, 0.29) is 10.8 Å². The third kappa shape index (κ3) is 5.53. The largest absolute Gasteiger partial charge is 0.436 e. The number of benzene rings is 4. The van der Waals surface area contributed by atoms with Crippen LogP contribution in [0.25, 0.3) is 45.1 Å². The highest BCUT2D eigenvalue weighted by molar-refractivity contribution is 5.82. The maximum absolute atomic E-state index is 6.45. The number of hydrogen-bond acceptors (Lipinski definition) is 5. The van der Waals surface area contributed by atoms with E-state index in [2.05, 4.69) is 70.5 Å². The van der Waals surface area contributed by atoms with Gasteiger partial charge in [-0.2, -0.15) is 0 Å². The van der Waals surface area contributed by atoms with E-state index in [4.69, 9.17) is 19.6 Å². The first kappa shape index (κ1) is 28.3. The number of nitrogen functional groups attached to an aromatic ring is 1. The summed E-state index contributed by atoms with van der Waals surface area (Å²) in [5.74, 6) is 7.71. The van der Waals surface area contributed by atoms with E-state index in [9.17, 15) is 0 Å². The van der Waals surface area contributed by atoms with Crippen LogP contribution < -0.4 is 5.73 Å². The number of rotatable bonds is 6. The summed E-state index contributed by atoms with van der Waals surface area (Å²) < 4.78 is 12.3. The standard InChI is InChI=1S/C38H37N3O2/c1-7-37(3,4)28-21-30(38(5,6)8-2)34-32(22-28)41-36(43-34)27-17-13-25(14-18-27)10-9-24-11-15-26(16-12-24)35-40-31-23-29(39)19-20-33(31)42-35/h11-23H,7-8,39H2,1-6H3. The van der Waals surface area contributed by atoms with E-state index in [1.54, 1.807) is 0 Å². The molecule has 2 N–H and O–H groups in total. The average Bonchev–Trinajstić information content (AvgIpc) is 3.64. The first-order chi connectivity index (χ1) is 20.6. The van der Waals surface area contributed by atoms with Crippen molar-refractivity contribution in [3.63, 3.8) is 0 Å². The minimum atomic E-state index is -0.0241. The molecule has 216 valence electrons. The van der Waals surface area contributed by atoms with Crippen molar-refractivity contribution >= 4 is 27.9 Å². The maximum Gasteiger partial charge on any atom is 0.227 e. The lowest BCUT2D eigenvalue weighted by Gasteiger charge is -2.28. The van der Waals surface area contributed by atoms with Crippen LogP contribution in [-0.4, -0.2) is 9.97 Å². The first-order valence-corrected chi connectivity index (χ1v) is 14.9. The maximum atomic E-state index is 6.45. The third-order valence-electron chi connectivity index (χ3n) is 8.79. The second-order valence-electron chi connectivity index (χ2n) is 12.5. The summed E-state index contributed by atoms with van der Waals surface area (Å²) in [6.07, 6.45) is 2.06. The lowest BCUT2D eigenvalue weighted by Crippen LogP contribution is -2.20. The van der Waals surface area contributed by atoms with Crippen LogP contribution in [0, 0.1) is 11.8 Å². The summed E-state index contributed by atoms with van der Waals surface area (Å²) >= 11 is 0. The SMILES string of the molecule is CCC(C)(C)c1cc(C(C)(C)CC)c2oc(-c3ccc(C#Cc4ccc(-c5nc6cc(N)ccc6o5)cc4)cc3)nc2c1. The van der Waals surface area contributed by atoms with E-state index >= 15 is 0 Å². The van der Waals surface area contributed by atoms with Gasteiger partial charge in [-0.15, -0.1) is 0 Å². The topological polar surface area (TPSA) is 78.1 Å². The van der Waals surface area contributed by atoms with Crippen molar-refractivity contribution in [2.75, 3.05) is 5.73 Å². The number of aromatic nitrogens is 2. The minimum Gasteiger partial charge on any atom is -0.436 e. The molecule has 0 radical (unpaired) electrons. The molecule has 5 nitrogen and oxygen atoms in total. The molecule has 0 spiro atoms. The van der Waals surface area contributed by atoms with Crippen molar-refractivity contribution in [3.8, 4) is 34.7 Å². The van der Waals surface area contributed by atoms with Crippen LogP contribution in [-0.2, 0) is 10.8 Å². The number of hydrogen-bond donors (Lipinski definition) is 1. The van der Waals surface area contributed by atoms with E-state index < -0.39 is 0 Å². The van der Waals surface area contributed by atoms with E-state index in [1.165, 1.54) is 11.1 Å². The van der Waals surface area contributed by atoms with Crippen LogP contribution in [0.15, 0.2) is 87.7 Å². The minimum absolute atomic E-state index is 0.0241.